The molecule has 1 heterocycles. The van der Waals surface area contributed by atoms with Gasteiger partial charge >= 0.3 is 0 Å². The van der Waals surface area contributed by atoms with Gasteiger partial charge in [-0.05, 0) is 26.7 Å². The molecule has 84 valence electrons. The van der Waals surface area contributed by atoms with Gasteiger partial charge in [0.2, 0.25) is 0 Å². The van der Waals surface area contributed by atoms with Crippen LogP contribution in [0.3, 0.4) is 0 Å². The molecule has 0 radical (unpaired) electrons. The third-order valence-corrected chi connectivity index (χ3v) is 2.71. The van der Waals surface area contributed by atoms with E-state index in [9.17, 15) is 4.79 Å². The number of aliphatic hydroxyl groups is 1. The molecule has 1 atom stereocenters. The summed E-state index contributed by atoms with van der Waals surface area (Å²) in [6, 6.07) is 0. The molecule has 1 unspecified atom stereocenters. The number of aryl methyl sites for hydroxylation is 1. The summed E-state index contributed by atoms with van der Waals surface area (Å²) in [5.74, 6) is -0.134. The van der Waals surface area contributed by atoms with Crippen LogP contribution in [-0.2, 0) is 0 Å². The van der Waals surface area contributed by atoms with E-state index in [1.807, 2.05) is 6.92 Å². The second-order valence-corrected chi connectivity index (χ2v) is 4.56. The Bertz CT molecular complexity index is 323. The van der Waals surface area contributed by atoms with Crippen molar-refractivity contribution in [2.75, 3.05) is 6.54 Å². The fourth-order valence-corrected chi connectivity index (χ4v) is 1.75. The number of nitrogens with zero attached hydrogens (tertiary/aromatic N) is 1. The molecule has 0 aliphatic carbocycles. The smallest absolute Gasteiger partial charge is 0.270 e. The number of hydrogen-bond acceptors (Lipinski definition) is 4. The van der Waals surface area contributed by atoms with Crippen LogP contribution in [0.2, 0.25) is 0 Å². The summed E-state index contributed by atoms with van der Waals surface area (Å²) in [6.45, 7) is 4.20. The maximum absolute atomic E-state index is 11.5. The van der Waals surface area contributed by atoms with E-state index >= 15 is 0 Å². The highest BCUT2D eigenvalue weighted by Crippen LogP contribution is 2.07. The summed E-state index contributed by atoms with van der Waals surface area (Å²) in [6.07, 6.45) is 1.19. The zero-order valence-corrected chi connectivity index (χ0v) is 9.80. The number of carbonyl (C=O) groups is 1. The number of carbonyl (C=O) groups excluding carboxylic acids is 1. The Morgan fingerprint density at radius 1 is 1.73 bits per heavy atom. The standard InChI is InChI=1S/C10H16N2O2S/c1-7(13)4-3-5-11-10(14)9-6-15-8(2)12-9/h6-7,13H,3-5H2,1-2H3,(H,11,14). The molecule has 1 amide bonds. The van der Waals surface area contributed by atoms with Gasteiger partial charge in [-0.25, -0.2) is 4.98 Å². The monoisotopic (exact) mass is 228 g/mol. The van der Waals surface area contributed by atoms with Gasteiger partial charge in [0.15, 0.2) is 0 Å². The molecule has 15 heavy (non-hydrogen) atoms. The first-order valence-corrected chi connectivity index (χ1v) is 5.86. The third-order valence-electron chi connectivity index (χ3n) is 1.94. The molecule has 0 saturated carbocycles. The predicted octanol–water partition coefficient (Wildman–Crippen LogP) is 1.34. The molecular formula is C10H16N2O2S. The summed E-state index contributed by atoms with van der Waals surface area (Å²) in [5.41, 5.74) is 0.481. The Morgan fingerprint density at radius 3 is 3.00 bits per heavy atom. The lowest BCUT2D eigenvalue weighted by Gasteiger charge is -2.04. The van der Waals surface area contributed by atoms with Crippen LogP contribution in [0.5, 0.6) is 0 Å². The average Bonchev–Trinajstić information content (AvgIpc) is 2.59. The Kier molecular flexibility index (Phi) is 4.71. The molecule has 1 aromatic heterocycles. The Hall–Kier alpha value is -0.940. The van der Waals surface area contributed by atoms with Gasteiger partial charge in [-0.15, -0.1) is 11.3 Å². The number of aliphatic hydroxyl groups excluding tert-OH is 1. The second kappa shape index (κ2) is 5.82. The quantitative estimate of drug-likeness (QED) is 0.748. The Morgan fingerprint density at radius 2 is 2.47 bits per heavy atom. The van der Waals surface area contributed by atoms with Crippen LogP contribution < -0.4 is 5.32 Å². The van der Waals surface area contributed by atoms with Gasteiger partial charge < -0.3 is 10.4 Å². The molecule has 2 N–H and O–H groups in total. The van der Waals surface area contributed by atoms with Gasteiger partial charge in [-0.2, -0.15) is 0 Å². The SMILES string of the molecule is Cc1nc(C(=O)NCCCC(C)O)cs1. The Balaban J connectivity index is 2.25. The van der Waals surface area contributed by atoms with E-state index in [1.54, 1.807) is 12.3 Å². The van der Waals surface area contributed by atoms with E-state index in [-0.39, 0.29) is 12.0 Å². The van der Waals surface area contributed by atoms with Crippen LogP contribution in [0.25, 0.3) is 0 Å². The summed E-state index contributed by atoms with van der Waals surface area (Å²) >= 11 is 1.46. The number of aromatic nitrogens is 1. The van der Waals surface area contributed by atoms with Gasteiger partial charge in [-0.1, -0.05) is 0 Å². The normalized spacial score (nSPS) is 12.5. The molecular weight excluding hydrogens is 212 g/mol. The highest BCUT2D eigenvalue weighted by atomic mass is 32.1. The molecule has 0 aliphatic rings. The maximum atomic E-state index is 11.5. The molecule has 0 spiro atoms. The summed E-state index contributed by atoms with van der Waals surface area (Å²) in [7, 11) is 0. The number of amides is 1. The van der Waals surface area contributed by atoms with Gasteiger partial charge in [0, 0.05) is 11.9 Å². The van der Waals surface area contributed by atoms with Crippen LogP contribution in [-0.4, -0.2) is 28.6 Å². The van der Waals surface area contributed by atoms with Gasteiger partial charge in [0.05, 0.1) is 11.1 Å². The van der Waals surface area contributed by atoms with E-state index in [0.717, 1.165) is 11.4 Å². The van der Waals surface area contributed by atoms with Crippen molar-refractivity contribution < 1.29 is 9.90 Å². The third kappa shape index (κ3) is 4.40. The fraction of sp³-hybridized carbons (Fsp3) is 0.600. The van der Waals surface area contributed by atoms with Crippen LogP contribution in [0.1, 0.15) is 35.3 Å². The highest BCUT2D eigenvalue weighted by Gasteiger charge is 2.07. The van der Waals surface area contributed by atoms with Crippen LogP contribution in [0, 0.1) is 6.92 Å². The molecule has 0 saturated heterocycles. The average molecular weight is 228 g/mol. The molecule has 1 rings (SSSR count). The number of thiazole rings is 1. The van der Waals surface area contributed by atoms with Gasteiger partial charge in [0.1, 0.15) is 5.69 Å². The highest BCUT2D eigenvalue weighted by molar-refractivity contribution is 7.09. The van der Waals surface area contributed by atoms with Crippen molar-refractivity contribution in [1.82, 2.24) is 10.3 Å². The van der Waals surface area contributed by atoms with E-state index in [1.165, 1.54) is 11.3 Å². The van der Waals surface area contributed by atoms with Crippen LogP contribution in [0.15, 0.2) is 5.38 Å². The number of nitrogens with one attached hydrogen (secondary N) is 1. The first-order valence-electron chi connectivity index (χ1n) is 4.98. The predicted molar refractivity (Wildman–Crippen MR) is 60.1 cm³/mol. The van der Waals surface area contributed by atoms with Crippen molar-refractivity contribution in [2.24, 2.45) is 0 Å². The molecule has 4 nitrogen and oxygen atoms in total. The lowest BCUT2D eigenvalue weighted by Crippen LogP contribution is -2.25. The van der Waals surface area contributed by atoms with Crippen molar-refractivity contribution in [1.29, 1.82) is 0 Å². The Labute approximate surface area is 93.4 Å². The molecule has 0 aliphatic heterocycles. The van der Waals surface area contributed by atoms with E-state index < -0.39 is 0 Å². The minimum absolute atomic E-state index is 0.134. The van der Waals surface area contributed by atoms with Gasteiger partial charge in [-0.3, -0.25) is 4.79 Å². The minimum Gasteiger partial charge on any atom is -0.393 e. The van der Waals surface area contributed by atoms with Crippen molar-refractivity contribution in [3.8, 4) is 0 Å². The van der Waals surface area contributed by atoms with Crippen molar-refractivity contribution >= 4 is 17.2 Å². The van der Waals surface area contributed by atoms with E-state index in [0.29, 0.717) is 18.7 Å². The van der Waals surface area contributed by atoms with Crippen molar-refractivity contribution in [3.63, 3.8) is 0 Å². The van der Waals surface area contributed by atoms with Crippen LogP contribution >= 0.6 is 11.3 Å². The molecule has 1 aromatic rings. The number of rotatable bonds is 5. The molecule has 0 aromatic carbocycles. The first-order chi connectivity index (χ1) is 7.09. The van der Waals surface area contributed by atoms with Gasteiger partial charge in [0.25, 0.3) is 5.91 Å². The molecule has 0 fully saturated rings. The molecule has 0 bridgehead atoms. The molecule has 5 heteroatoms. The van der Waals surface area contributed by atoms with E-state index in [2.05, 4.69) is 10.3 Å². The summed E-state index contributed by atoms with van der Waals surface area (Å²) < 4.78 is 0. The van der Waals surface area contributed by atoms with Crippen molar-refractivity contribution in [2.45, 2.75) is 32.8 Å². The van der Waals surface area contributed by atoms with Crippen LogP contribution in [0.4, 0.5) is 0 Å². The lowest BCUT2D eigenvalue weighted by molar-refractivity contribution is 0.0945. The van der Waals surface area contributed by atoms with E-state index in [4.69, 9.17) is 5.11 Å². The fourth-order valence-electron chi connectivity index (χ4n) is 1.16. The zero-order valence-electron chi connectivity index (χ0n) is 8.99. The second-order valence-electron chi connectivity index (χ2n) is 3.50. The first kappa shape index (κ1) is 12.1. The zero-order chi connectivity index (χ0) is 11.3. The topological polar surface area (TPSA) is 62.2 Å². The van der Waals surface area contributed by atoms with Crippen molar-refractivity contribution in [3.05, 3.63) is 16.1 Å². The minimum atomic E-state index is -0.302. The summed E-state index contributed by atoms with van der Waals surface area (Å²) in [4.78, 5) is 15.6. The maximum Gasteiger partial charge on any atom is 0.270 e. The number of hydrogen-bond donors (Lipinski definition) is 2. The summed E-state index contributed by atoms with van der Waals surface area (Å²) in [5, 5.41) is 14.4. The lowest BCUT2D eigenvalue weighted by atomic mass is 10.2. The largest absolute Gasteiger partial charge is 0.393 e.